The standard InChI is InChI=1S/C15H21NSi/c1-17(2)9-8-13-4-3-5-15(10-13)12-16-11-14-6-7-14/h3-5,10,14,16-17H,6-7,11-12H2,1-2H3. The first-order chi connectivity index (χ1) is 8.24. The second-order valence-corrected chi connectivity index (χ2v) is 7.80. The Kier molecular flexibility index (Phi) is 4.41. The lowest BCUT2D eigenvalue weighted by molar-refractivity contribution is 0.638. The molecule has 0 aliphatic heterocycles. The first kappa shape index (κ1) is 12.4. The first-order valence-electron chi connectivity index (χ1n) is 6.55. The summed E-state index contributed by atoms with van der Waals surface area (Å²) < 4.78 is 0. The molecule has 0 saturated heterocycles. The molecule has 1 saturated carbocycles. The quantitative estimate of drug-likeness (QED) is 0.633. The lowest BCUT2D eigenvalue weighted by atomic mass is 10.1. The van der Waals surface area contributed by atoms with Gasteiger partial charge in [-0.05, 0) is 43.0 Å². The molecule has 17 heavy (non-hydrogen) atoms. The van der Waals surface area contributed by atoms with Crippen LogP contribution in [0.4, 0.5) is 0 Å². The number of rotatable bonds is 4. The van der Waals surface area contributed by atoms with E-state index in [-0.39, 0.29) is 0 Å². The SMILES string of the molecule is C[SiH](C)C#Cc1cccc(CNCC2CC2)c1. The molecule has 1 aromatic rings. The molecule has 0 unspecified atom stereocenters. The maximum Gasteiger partial charge on any atom is 0.117 e. The molecule has 1 aromatic carbocycles. The highest BCUT2D eigenvalue weighted by molar-refractivity contribution is 6.64. The monoisotopic (exact) mass is 243 g/mol. The molecule has 1 aliphatic rings. The highest BCUT2D eigenvalue weighted by Gasteiger charge is 2.19. The Hall–Kier alpha value is -1.04. The van der Waals surface area contributed by atoms with Gasteiger partial charge in [0.1, 0.15) is 8.80 Å². The van der Waals surface area contributed by atoms with Crippen LogP contribution in [0.1, 0.15) is 24.0 Å². The predicted molar refractivity (Wildman–Crippen MR) is 76.6 cm³/mol. The van der Waals surface area contributed by atoms with Crippen molar-refractivity contribution in [2.75, 3.05) is 6.54 Å². The fourth-order valence-corrected chi connectivity index (χ4v) is 2.18. The zero-order chi connectivity index (χ0) is 12.1. The normalized spacial score (nSPS) is 14.5. The van der Waals surface area contributed by atoms with Crippen LogP contribution in [0, 0.1) is 17.4 Å². The van der Waals surface area contributed by atoms with E-state index in [4.69, 9.17) is 0 Å². The van der Waals surface area contributed by atoms with Crippen molar-refractivity contribution >= 4 is 8.80 Å². The van der Waals surface area contributed by atoms with Gasteiger partial charge < -0.3 is 5.32 Å². The fraction of sp³-hybridized carbons (Fsp3) is 0.467. The van der Waals surface area contributed by atoms with Crippen LogP contribution in [-0.4, -0.2) is 15.3 Å². The Labute approximate surface area is 106 Å². The second-order valence-electron chi connectivity index (χ2n) is 5.20. The average Bonchev–Trinajstić information content (AvgIpc) is 3.11. The van der Waals surface area contributed by atoms with E-state index in [1.807, 2.05) is 0 Å². The Morgan fingerprint density at radius 2 is 2.18 bits per heavy atom. The Bertz CT molecular complexity index is 424. The third-order valence-electron chi connectivity index (χ3n) is 2.89. The summed E-state index contributed by atoms with van der Waals surface area (Å²) in [5, 5.41) is 3.52. The summed E-state index contributed by atoms with van der Waals surface area (Å²) in [5.74, 6) is 4.23. The molecule has 0 aromatic heterocycles. The number of nitrogens with one attached hydrogen (secondary N) is 1. The maximum atomic E-state index is 3.52. The van der Waals surface area contributed by atoms with E-state index in [1.54, 1.807) is 0 Å². The molecule has 1 aliphatic carbocycles. The molecule has 1 N–H and O–H groups in total. The molecule has 0 heterocycles. The minimum atomic E-state index is -0.760. The van der Waals surface area contributed by atoms with Crippen molar-refractivity contribution in [3.05, 3.63) is 35.4 Å². The van der Waals surface area contributed by atoms with E-state index in [0.717, 1.165) is 18.0 Å². The van der Waals surface area contributed by atoms with Gasteiger partial charge in [0, 0.05) is 12.1 Å². The van der Waals surface area contributed by atoms with Gasteiger partial charge in [0.15, 0.2) is 0 Å². The molecule has 0 atom stereocenters. The molecule has 0 amide bonds. The largest absolute Gasteiger partial charge is 0.312 e. The summed E-state index contributed by atoms with van der Waals surface area (Å²) >= 11 is 0. The van der Waals surface area contributed by atoms with Gasteiger partial charge in [-0.25, -0.2) is 0 Å². The molecule has 0 spiro atoms. The predicted octanol–water partition coefficient (Wildman–Crippen LogP) is 2.56. The van der Waals surface area contributed by atoms with E-state index in [0.29, 0.717) is 0 Å². The molecule has 2 heteroatoms. The topological polar surface area (TPSA) is 12.0 Å². The number of benzene rings is 1. The van der Waals surface area contributed by atoms with Gasteiger partial charge in [-0.1, -0.05) is 31.1 Å². The fourth-order valence-electron chi connectivity index (χ4n) is 1.73. The highest BCUT2D eigenvalue weighted by Crippen LogP contribution is 2.27. The summed E-state index contributed by atoms with van der Waals surface area (Å²) in [5.41, 5.74) is 5.86. The van der Waals surface area contributed by atoms with Gasteiger partial charge in [0.2, 0.25) is 0 Å². The minimum absolute atomic E-state index is 0.760. The van der Waals surface area contributed by atoms with Gasteiger partial charge in [-0.15, -0.1) is 5.54 Å². The number of hydrogen-bond donors (Lipinski definition) is 1. The van der Waals surface area contributed by atoms with Crippen molar-refractivity contribution in [3.8, 4) is 11.5 Å². The van der Waals surface area contributed by atoms with Gasteiger partial charge in [0.25, 0.3) is 0 Å². The highest BCUT2D eigenvalue weighted by atomic mass is 28.3. The van der Waals surface area contributed by atoms with Gasteiger partial charge in [0.05, 0.1) is 0 Å². The Morgan fingerprint density at radius 1 is 1.35 bits per heavy atom. The van der Waals surface area contributed by atoms with Gasteiger partial charge in [-0.3, -0.25) is 0 Å². The summed E-state index contributed by atoms with van der Waals surface area (Å²) in [6, 6.07) is 8.61. The molecule has 0 radical (unpaired) electrons. The minimum Gasteiger partial charge on any atom is -0.312 e. The van der Waals surface area contributed by atoms with Gasteiger partial charge in [-0.2, -0.15) is 0 Å². The van der Waals surface area contributed by atoms with Crippen molar-refractivity contribution < 1.29 is 0 Å². The van der Waals surface area contributed by atoms with Crippen LogP contribution >= 0.6 is 0 Å². The van der Waals surface area contributed by atoms with Crippen LogP contribution in [-0.2, 0) is 6.54 Å². The van der Waals surface area contributed by atoms with E-state index < -0.39 is 8.80 Å². The first-order valence-corrected chi connectivity index (χ1v) is 9.44. The lowest BCUT2D eigenvalue weighted by Gasteiger charge is -2.04. The zero-order valence-corrected chi connectivity index (χ0v) is 11.9. The van der Waals surface area contributed by atoms with E-state index in [2.05, 4.69) is 54.1 Å². The van der Waals surface area contributed by atoms with E-state index in [1.165, 1.54) is 24.9 Å². The Balaban J connectivity index is 1.89. The molecule has 90 valence electrons. The van der Waals surface area contributed by atoms with Crippen LogP contribution in [0.15, 0.2) is 24.3 Å². The zero-order valence-electron chi connectivity index (χ0n) is 10.8. The maximum absolute atomic E-state index is 3.52. The lowest BCUT2D eigenvalue weighted by Crippen LogP contribution is -2.16. The summed E-state index contributed by atoms with van der Waals surface area (Å²) in [6.07, 6.45) is 2.83. The third kappa shape index (κ3) is 4.76. The van der Waals surface area contributed by atoms with Crippen LogP contribution in [0.5, 0.6) is 0 Å². The van der Waals surface area contributed by atoms with Crippen LogP contribution < -0.4 is 5.32 Å². The third-order valence-corrected chi connectivity index (χ3v) is 3.61. The summed E-state index contributed by atoms with van der Waals surface area (Å²) in [4.78, 5) is 0. The second kappa shape index (κ2) is 6.04. The Morgan fingerprint density at radius 3 is 2.88 bits per heavy atom. The molecule has 1 nitrogen and oxygen atoms in total. The van der Waals surface area contributed by atoms with Crippen molar-refractivity contribution in [1.82, 2.24) is 5.32 Å². The smallest absolute Gasteiger partial charge is 0.117 e. The van der Waals surface area contributed by atoms with Crippen molar-refractivity contribution in [2.24, 2.45) is 5.92 Å². The molecule has 2 rings (SSSR count). The van der Waals surface area contributed by atoms with Crippen molar-refractivity contribution in [2.45, 2.75) is 32.5 Å². The summed E-state index contributed by atoms with van der Waals surface area (Å²) in [7, 11) is -0.760. The van der Waals surface area contributed by atoms with Crippen LogP contribution in [0.2, 0.25) is 13.1 Å². The molecular formula is C15H21NSi. The van der Waals surface area contributed by atoms with Crippen LogP contribution in [0.3, 0.4) is 0 Å². The van der Waals surface area contributed by atoms with Gasteiger partial charge >= 0.3 is 0 Å². The summed E-state index contributed by atoms with van der Waals surface area (Å²) in [6.45, 7) is 6.67. The number of hydrogen-bond acceptors (Lipinski definition) is 1. The van der Waals surface area contributed by atoms with Crippen molar-refractivity contribution in [3.63, 3.8) is 0 Å². The van der Waals surface area contributed by atoms with Crippen molar-refractivity contribution in [1.29, 1.82) is 0 Å². The average molecular weight is 243 g/mol. The molecule has 1 fully saturated rings. The molecule has 0 bridgehead atoms. The van der Waals surface area contributed by atoms with E-state index >= 15 is 0 Å². The molecular weight excluding hydrogens is 222 g/mol. The van der Waals surface area contributed by atoms with E-state index in [9.17, 15) is 0 Å². The van der Waals surface area contributed by atoms with Crippen LogP contribution in [0.25, 0.3) is 0 Å².